The lowest BCUT2D eigenvalue weighted by molar-refractivity contribution is -0.673. The molecule has 0 spiro atoms. The highest BCUT2D eigenvalue weighted by molar-refractivity contribution is 7.89. The van der Waals surface area contributed by atoms with E-state index in [0.29, 0.717) is 5.56 Å². The SMILES string of the molecule is Cc1cc[n+](C)cc1S(=O)(=O)NCCNC(=O)OC(C)(C)C. The zero-order valence-electron chi connectivity index (χ0n) is 13.6. The molecule has 0 aromatic carbocycles. The van der Waals surface area contributed by atoms with Gasteiger partial charge < -0.3 is 10.1 Å². The lowest BCUT2D eigenvalue weighted by Crippen LogP contribution is -2.38. The van der Waals surface area contributed by atoms with E-state index in [1.807, 2.05) is 0 Å². The van der Waals surface area contributed by atoms with E-state index in [2.05, 4.69) is 10.0 Å². The summed E-state index contributed by atoms with van der Waals surface area (Å²) in [6.45, 7) is 7.23. The maximum Gasteiger partial charge on any atom is 0.407 e. The van der Waals surface area contributed by atoms with Crippen LogP contribution in [-0.4, -0.2) is 33.2 Å². The number of aromatic nitrogens is 1. The Kier molecular flexibility index (Phi) is 5.90. The number of hydrogen-bond acceptors (Lipinski definition) is 4. The van der Waals surface area contributed by atoms with Gasteiger partial charge >= 0.3 is 6.09 Å². The van der Waals surface area contributed by atoms with Gasteiger partial charge in [-0.25, -0.2) is 22.5 Å². The molecule has 0 saturated heterocycles. The maximum atomic E-state index is 12.2. The van der Waals surface area contributed by atoms with Gasteiger partial charge in [-0.3, -0.25) is 0 Å². The lowest BCUT2D eigenvalue weighted by Gasteiger charge is -2.19. The van der Waals surface area contributed by atoms with Crippen LogP contribution in [0.15, 0.2) is 23.4 Å². The maximum absolute atomic E-state index is 12.2. The van der Waals surface area contributed by atoms with Gasteiger partial charge in [-0.15, -0.1) is 0 Å². The summed E-state index contributed by atoms with van der Waals surface area (Å²) in [5.41, 5.74) is 0.0742. The molecule has 1 heterocycles. The summed E-state index contributed by atoms with van der Waals surface area (Å²) in [6.07, 6.45) is 2.74. The first-order chi connectivity index (χ1) is 10.0. The van der Waals surface area contributed by atoms with Crippen LogP contribution in [0, 0.1) is 6.92 Å². The highest BCUT2D eigenvalue weighted by atomic mass is 32.2. The van der Waals surface area contributed by atoms with E-state index in [1.165, 1.54) is 0 Å². The van der Waals surface area contributed by atoms with E-state index in [0.717, 1.165) is 0 Å². The molecule has 2 N–H and O–H groups in total. The summed E-state index contributed by atoms with van der Waals surface area (Å²) in [5, 5.41) is 2.50. The lowest BCUT2D eigenvalue weighted by atomic mass is 10.2. The third kappa shape index (κ3) is 5.98. The molecule has 0 aliphatic carbocycles. The van der Waals surface area contributed by atoms with E-state index < -0.39 is 21.7 Å². The van der Waals surface area contributed by atoms with E-state index >= 15 is 0 Å². The van der Waals surface area contributed by atoms with E-state index in [4.69, 9.17) is 4.74 Å². The van der Waals surface area contributed by atoms with Gasteiger partial charge in [0.2, 0.25) is 10.0 Å². The summed E-state index contributed by atoms with van der Waals surface area (Å²) in [6, 6.07) is 1.73. The molecule has 0 fully saturated rings. The zero-order valence-corrected chi connectivity index (χ0v) is 14.5. The first-order valence-electron chi connectivity index (χ1n) is 6.94. The Morgan fingerprint density at radius 3 is 2.55 bits per heavy atom. The van der Waals surface area contributed by atoms with Gasteiger partial charge in [0, 0.05) is 19.2 Å². The Bertz CT molecular complexity index is 636. The second-order valence-electron chi connectivity index (χ2n) is 5.98. The summed E-state index contributed by atoms with van der Waals surface area (Å²) < 4.78 is 33.6. The van der Waals surface area contributed by atoms with Crippen LogP contribution in [0.4, 0.5) is 4.79 Å². The molecule has 1 amide bonds. The molecule has 8 heteroatoms. The van der Waals surface area contributed by atoms with Gasteiger partial charge in [-0.1, -0.05) is 0 Å². The average Bonchev–Trinajstić information content (AvgIpc) is 2.35. The number of amides is 1. The standard InChI is InChI=1S/C14H23N3O4S/c1-11-6-9-17(5)10-12(11)22(19,20)16-8-7-15-13(18)21-14(2,3)4/h6,9-10,16H,7-8H2,1-5H3/p+1. The fraction of sp³-hybridized carbons (Fsp3) is 0.571. The molecule has 7 nitrogen and oxygen atoms in total. The highest BCUT2D eigenvalue weighted by Gasteiger charge is 2.20. The van der Waals surface area contributed by atoms with Crippen molar-refractivity contribution in [2.45, 2.75) is 38.2 Å². The summed E-state index contributed by atoms with van der Waals surface area (Å²) in [5.74, 6) is 0. The van der Waals surface area contributed by atoms with Crippen molar-refractivity contribution < 1.29 is 22.5 Å². The van der Waals surface area contributed by atoms with Crippen LogP contribution in [0.2, 0.25) is 0 Å². The quantitative estimate of drug-likeness (QED) is 0.612. The largest absolute Gasteiger partial charge is 0.444 e. The molecule has 0 atom stereocenters. The molecule has 0 radical (unpaired) electrons. The van der Waals surface area contributed by atoms with Crippen LogP contribution in [0.5, 0.6) is 0 Å². The van der Waals surface area contributed by atoms with Gasteiger partial charge in [0.1, 0.15) is 17.5 Å². The number of sulfonamides is 1. The van der Waals surface area contributed by atoms with Gasteiger partial charge in [-0.2, -0.15) is 0 Å². The number of pyridine rings is 1. The van der Waals surface area contributed by atoms with E-state index in [9.17, 15) is 13.2 Å². The summed E-state index contributed by atoms with van der Waals surface area (Å²) in [7, 11) is -1.86. The summed E-state index contributed by atoms with van der Waals surface area (Å²) in [4.78, 5) is 11.7. The predicted octanol–water partition coefficient (Wildman–Crippen LogP) is 0.623. The van der Waals surface area contributed by atoms with Crippen LogP contribution in [0.25, 0.3) is 0 Å². The number of aryl methyl sites for hydroxylation is 2. The molecule has 0 aliphatic heterocycles. The highest BCUT2D eigenvalue weighted by Crippen LogP contribution is 2.11. The van der Waals surface area contributed by atoms with Crippen molar-refractivity contribution in [2.24, 2.45) is 7.05 Å². The Labute approximate surface area is 131 Å². The van der Waals surface area contributed by atoms with E-state index in [-0.39, 0.29) is 18.0 Å². The Morgan fingerprint density at radius 2 is 1.95 bits per heavy atom. The second kappa shape index (κ2) is 7.06. The molecular formula is C14H24N3O4S+. The zero-order chi connectivity index (χ0) is 17.0. The van der Waals surface area contributed by atoms with Crippen molar-refractivity contribution in [3.05, 3.63) is 24.0 Å². The van der Waals surface area contributed by atoms with Gasteiger partial charge in [0.05, 0.1) is 0 Å². The van der Waals surface area contributed by atoms with Crippen molar-refractivity contribution in [1.82, 2.24) is 10.0 Å². The van der Waals surface area contributed by atoms with Crippen LogP contribution in [-0.2, 0) is 21.8 Å². The molecule has 1 aromatic heterocycles. The molecule has 22 heavy (non-hydrogen) atoms. The smallest absolute Gasteiger partial charge is 0.407 e. The van der Waals surface area contributed by atoms with Crippen LogP contribution >= 0.6 is 0 Å². The fourth-order valence-corrected chi connectivity index (χ4v) is 2.99. The van der Waals surface area contributed by atoms with Crippen LogP contribution < -0.4 is 14.6 Å². The van der Waals surface area contributed by atoms with Crippen LogP contribution in [0.3, 0.4) is 0 Å². The predicted molar refractivity (Wildman–Crippen MR) is 81.8 cm³/mol. The molecular weight excluding hydrogens is 306 g/mol. The fourth-order valence-electron chi connectivity index (χ4n) is 1.66. The van der Waals surface area contributed by atoms with Crippen molar-refractivity contribution in [2.75, 3.05) is 13.1 Å². The van der Waals surface area contributed by atoms with E-state index in [1.54, 1.807) is 57.8 Å². The first kappa shape index (κ1) is 18.4. The van der Waals surface area contributed by atoms with Crippen molar-refractivity contribution in [1.29, 1.82) is 0 Å². The second-order valence-corrected chi connectivity index (χ2v) is 7.72. The molecule has 0 bridgehead atoms. The van der Waals surface area contributed by atoms with Gasteiger partial charge in [0.25, 0.3) is 0 Å². The number of ether oxygens (including phenoxy) is 1. The summed E-state index contributed by atoms with van der Waals surface area (Å²) >= 11 is 0. The minimum atomic E-state index is -3.61. The first-order valence-corrected chi connectivity index (χ1v) is 8.42. The normalized spacial score (nSPS) is 12.0. The molecule has 0 aliphatic rings. The number of carbonyl (C=O) groups excluding carboxylic acids is 1. The Balaban J connectivity index is 2.54. The molecule has 1 aromatic rings. The van der Waals surface area contributed by atoms with Crippen LogP contribution in [0.1, 0.15) is 26.3 Å². The third-order valence-electron chi connectivity index (χ3n) is 2.64. The number of alkyl carbamates (subject to hydrolysis) is 1. The topological polar surface area (TPSA) is 88.4 Å². The number of rotatable bonds is 5. The average molecular weight is 330 g/mol. The van der Waals surface area contributed by atoms with Gasteiger partial charge in [0.15, 0.2) is 12.4 Å². The number of carbonyl (C=O) groups is 1. The Hall–Kier alpha value is -1.67. The number of hydrogen-bond donors (Lipinski definition) is 2. The van der Waals surface area contributed by atoms with Crippen molar-refractivity contribution in [3.8, 4) is 0 Å². The Morgan fingerprint density at radius 1 is 1.32 bits per heavy atom. The van der Waals surface area contributed by atoms with Crippen molar-refractivity contribution >= 4 is 16.1 Å². The molecule has 0 unspecified atom stereocenters. The number of nitrogens with zero attached hydrogens (tertiary/aromatic N) is 1. The minimum absolute atomic E-state index is 0.0830. The molecule has 1 rings (SSSR count). The van der Waals surface area contributed by atoms with Crippen molar-refractivity contribution in [3.63, 3.8) is 0 Å². The molecule has 0 saturated carbocycles. The molecule has 124 valence electrons. The monoisotopic (exact) mass is 330 g/mol. The third-order valence-corrected chi connectivity index (χ3v) is 4.23. The van der Waals surface area contributed by atoms with Gasteiger partial charge in [-0.05, 0) is 33.3 Å². The minimum Gasteiger partial charge on any atom is -0.444 e. The number of nitrogens with one attached hydrogen (secondary N) is 2.